The van der Waals surface area contributed by atoms with Gasteiger partial charge in [0, 0.05) is 0 Å². The van der Waals surface area contributed by atoms with E-state index >= 15 is 0 Å². The van der Waals surface area contributed by atoms with Crippen LogP contribution in [0.25, 0.3) is 0 Å². The van der Waals surface area contributed by atoms with Crippen LogP contribution in [0, 0.1) is 0 Å². The van der Waals surface area contributed by atoms with Gasteiger partial charge in [-0.25, -0.2) is 4.79 Å². The topological polar surface area (TPSA) is 101 Å². The van der Waals surface area contributed by atoms with Gasteiger partial charge in [-0.15, -0.1) is 0 Å². The third-order valence-corrected chi connectivity index (χ3v) is 4.80. The normalized spacial score (nSPS) is 23.2. The zero-order valence-corrected chi connectivity index (χ0v) is 14.2. The second kappa shape index (κ2) is 5.99. The van der Waals surface area contributed by atoms with E-state index in [0.29, 0.717) is 0 Å². The molecule has 3 rings (SSSR count). The summed E-state index contributed by atoms with van der Waals surface area (Å²) in [7, 11) is 1.09. The van der Waals surface area contributed by atoms with E-state index in [1.165, 1.54) is 12.1 Å². The quantitative estimate of drug-likeness (QED) is 0.263. The molecule has 25 heavy (non-hydrogen) atoms. The van der Waals surface area contributed by atoms with Gasteiger partial charge in [0.2, 0.25) is 0 Å². The maximum absolute atomic E-state index is 12.5. The highest BCUT2D eigenvalue weighted by Gasteiger charge is 2.58. The molecule has 0 aliphatic carbocycles. The molecule has 130 valence electrons. The number of carbonyl (C=O) groups excluding carboxylic acids is 5. The second-order valence-corrected chi connectivity index (χ2v) is 6.20. The number of thiol groups is 1. The minimum absolute atomic E-state index is 0.204. The van der Waals surface area contributed by atoms with E-state index in [-0.39, 0.29) is 11.1 Å². The van der Waals surface area contributed by atoms with Gasteiger partial charge in [-0.1, -0.05) is 12.1 Å². The van der Waals surface area contributed by atoms with E-state index in [0.717, 1.165) is 23.8 Å². The number of fused-ring (bicyclic) bond motifs is 1. The molecule has 2 aliphatic heterocycles. The van der Waals surface area contributed by atoms with E-state index in [4.69, 9.17) is 0 Å². The first kappa shape index (κ1) is 17.2. The first-order chi connectivity index (χ1) is 11.8. The molecule has 0 spiro atoms. The van der Waals surface area contributed by atoms with Crippen LogP contribution < -0.4 is 0 Å². The van der Waals surface area contributed by atoms with Crippen molar-refractivity contribution in [1.29, 1.82) is 0 Å². The van der Waals surface area contributed by atoms with E-state index in [1.54, 1.807) is 12.1 Å². The number of benzene rings is 1. The van der Waals surface area contributed by atoms with Crippen LogP contribution in [0.1, 0.15) is 27.6 Å². The van der Waals surface area contributed by atoms with Crippen molar-refractivity contribution in [3.8, 4) is 0 Å². The van der Waals surface area contributed by atoms with E-state index in [9.17, 15) is 24.0 Å². The van der Waals surface area contributed by atoms with Crippen LogP contribution >= 0.6 is 12.6 Å². The lowest BCUT2D eigenvalue weighted by Gasteiger charge is -2.49. The fourth-order valence-corrected chi connectivity index (χ4v) is 3.56. The highest BCUT2D eigenvalue weighted by molar-refractivity contribution is 7.81. The number of methoxy groups -OCH3 is 1. The summed E-state index contributed by atoms with van der Waals surface area (Å²) >= 11 is 4.24. The molecule has 3 amide bonds. The number of carbonyl (C=O) groups is 5. The predicted molar refractivity (Wildman–Crippen MR) is 86.8 cm³/mol. The van der Waals surface area contributed by atoms with Crippen LogP contribution in [0.3, 0.4) is 0 Å². The number of ketones is 1. The van der Waals surface area contributed by atoms with Crippen LogP contribution in [-0.4, -0.2) is 63.8 Å². The first-order valence-electron chi connectivity index (χ1n) is 7.36. The van der Waals surface area contributed by atoms with E-state index in [1.807, 2.05) is 0 Å². The number of ether oxygens (including phenoxy) is 1. The van der Waals surface area contributed by atoms with Crippen LogP contribution in [0.5, 0.6) is 0 Å². The number of hydrogen-bond donors (Lipinski definition) is 1. The van der Waals surface area contributed by atoms with E-state index in [2.05, 4.69) is 17.4 Å². The van der Waals surface area contributed by atoms with Crippen LogP contribution in [-0.2, 0) is 19.1 Å². The molecule has 3 atom stereocenters. The molecular formula is C16H14N2O6S. The Labute approximate surface area is 148 Å². The Morgan fingerprint density at radius 2 is 1.64 bits per heavy atom. The van der Waals surface area contributed by atoms with Crippen LogP contribution in [0.15, 0.2) is 24.3 Å². The summed E-state index contributed by atoms with van der Waals surface area (Å²) in [5.74, 6) is -3.41. The average molecular weight is 362 g/mol. The molecule has 9 heteroatoms. The largest absolute Gasteiger partial charge is 0.467 e. The van der Waals surface area contributed by atoms with Crippen molar-refractivity contribution in [1.82, 2.24) is 9.80 Å². The number of Topliss-reactive ketones (excluding diaryl/α,β-unsaturated/α-hetero) is 1. The fraction of sp³-hybridized carbons (Fsp3) is 0.312. The highest BCUT2D eigenvalue weighted by Crippen LogP contribution is 2.35. The van der Waals surface area contributed by atoms with Crippen LogP contribution in [0.2, 0.25) is 0 Å². The molecule has 8 nitrogen and oxygen atoms in total. The average Bonchev–Trinajstić information content (AvgIpc) is 2.84. The van der Waals surface area contributed by atoms with Crippen molar-refractivity contribution >= 4 is 42.1 Å². The Kier molecular flexibility index (Phi) is 4.11. The minimum atomic E-state index is -1.45. The number of imide groups is 1. The monoisotopic (exact) mass is 362 g/mol. The summed E-state index contributed by atoms with van der Waals surface area (Å²) in [6.45, 7) is 1.14. The highest BCUT2D eigenvalue weighted by atomic mass is 32.1. The van der Waals surface area contributed by atoms with Crippen molar-refractivity contribution in [3.05, 3.63) is 35.4 Å². The molecule has 2 aliphatic rings. The molecule has 1 fully saturated rings. The maximum Gasteiger partial charge on any atom is 0.336 e. The molecule has 0 bridgehead atoms. The maximum atomic E-state index is 12.5. The molecule has 2 heterocycles. The van der Waals surface area contributed by atoms with Crippen molar-refractivity contribution < 1.29 is 28.7 Å². The van der Waals surface area contributed by atoms with Gasteiger partial charge in [0.05, 0.1) is 18.2 Å². The number of amides is 3. The third-order valence-electron chi connectivity index (χ3n) is 4.27. The smallest absolute Gasteiger partial charge is 0.336 e. The Hall–Kier alpha value is -2.68. The van der Waals surface area contributed by atoms with Crippen molar-refractivity contribution in [3.63, 3.8) is 0 Å². The lowest BCUT2D eigenvalue weighted by atomic mass is 9.99. The Balaban J connectivity index is 1.89. The summed E-state index contributed by atoms with van der Waals surface area (Å²) in [6, 6.07) is 3.59. The summed E-state index contributed by atoms with van der Waals surface area (Å²) in [5.41, 5.74) is 0.408. The number of β-lactam (4-membered cyclic amide) rings is 1. The number of esters is 1. The number of rotatable bonds is 4. The summed E-state index contributed by atoms with van der Waals surface area (Å²) < 4.78 is 4.55. The molecular weight excluding hydrogens is 348 g/mol. The van der Waals surface area contributed by atoms with E-state index < -0.39 is 46.9 Å². The van der Waals surface area contributed by atoms with Crippen molar-refractivity contribution in [2.75, 3.05) is 7.11 Å². The van der Waals surface area contributed by atoms with Crippen molar-refractivity contribution in [2.24, 2.45) is 0 Å². The van der Waals surface area contributed by atoms with Gasteiger partial charge in [0.25, 0.3) is 17.7 Å². The molecule has 0 aromatic heterocycles. The molecule has 1 aromatic rings. The van der Waals surface area contributed by atoms with Gasteiger partial charge in [0.1, 0.15) is 11.4 Å². The first-order valence-corrected chi connectivity index (χ1v) is 7.88. The lowest BCUT2D eigenvalue weighted by molar-refractivity contribution is -0.167. The summed E-state index contributed by atoms with van der Waals surface area (Å²) in [6.07, 6.45) is 0. The van der Waals surface area contributed by atoms with Gasteiger partial charge >= 0.3 is 5.97 Å². The van der Waals surface area contributed by atoms with Gasteiger partial charge in [-0.05, 0) is 19.1 Å². The molecule has 1 aromatic carbocycles. The van der Waals surface area contributed by atoms with Gasteiger partial charge in [-0.3, -0.25) is 24.1 Å². The molecule has 3 unspecified atom stereocenters. The SMILES string of the molecule is COC(=O)C(C(C)=O)N1C(=O)C(N2C(=O)c3ccccc3C2=O)C1S. The van der Waals surface area contributed by atoms with Gasteiger partial charge < -0.3 is 9.64 Å². The Morgan fingerprint density at radius 1 is 1.12 bits per heavy atom. The minimum Gasteiger partial charge on any atom is -0.467 e. The van der Waals surface area contributed by atoms with Crippen molar-refractivity contribution in [2.45, 2.75) is 24.4 Å². The lowest BCUT2D eigenvalue weighted by Crippen LogP contribution is -2.73. The number of likely N-dealkylation sites (tertiary alicyclic amines) is 1. The van der Waals surface area contributed by atoms with Crippen LogP contribution in [0.4, 0.5) is 0 Å². The molecule has 0 saturated carbocycles. The zero-order chi connectivity index (χ0) is 18.5. The summed E-state index contributed by atoms with van der Waals surface area (Å²) in [5, 5.41) is -0.984. The number of hydrogen-bond acceptors (Lipinski definition) is 7. The second-order valence-electron chi connectivity index (χ2n) is 5.67. The van der Waals surface area contributed by atoms with Gasteiger partial charge in [-0.2, -0.15) is 12.6 Å². The zero-order valence-electron chi connectivity index (χ0n) is 13.3. The Morgan fingerprint density at radius 3 is 2.04 bits per heavy atom. The number of nitrogens with zero attached hydrogens (tertiary/aromatic N) is 2. The Bertz CT molecular complexity index is 788. The standard InChI is InChI=1S/C16H14N2O6S/c1-7(19)10(16(23)24-2)18-14(22)11(15(18)25)17-12(20)8-5-3-4-6-9(8)13(17)21/h3-6,10-11,15,25H,1-2H3. The predicted octanol–water partition coefficient (Wildman–Crippen LogP) is -0.120. The molecule has 0 radical (unpaired) electrons. The molecule has 0 N–H and O–H groups in total. The summed E-state index contributed by atoms with van der Waals surface area (Å²) in [4.78, 5) is 62.8. The van der Waals surface area contributed by atoms with Gasteiger partial charge in [0.15, 0.2) is 11.8 Å². The third kappa shape index (κ3) is 2.34. The fourth-order valence-electron chi connectivity index (χ4n) is 3.05. The molecule has 1 saturated heterocycles.